The Balaban J connectivity index is 2.12. The van der Waals surface area contributed by atoms with Crippen molar-refractivity contribution >= 4 is 21.8 Å². The fraction of sp³-hybridized carbons (Fsp3) is 0.571. The molecule has 118 valence electrons. The molecule has 0 spiro atoms. The van der Waals surface area contributed by atoms with E-state index in [1.165, 1.54) is 20.7 Å². The third-order valence-electron chi connectivity index (χ3n) is 3.76. The molecular weight excluding hydrogens is 315 g/mol. The molecular formula is C14H20ClFN2O2S. The molecule has 0 aromatic heterocycles. The van der Waals surface area contributed by atoms with Gasteiger partial charge in [-0.05, 0) is 30.5 Å². The third-order valence-corrected chi connectivity index (χ3v) is 6.11. The Labute approximate surface area is 130 Å². The van der Waals surface area contributed by atoms with Gasteiger partial charge in [0.1, 0.15) is 5.82 Å². The summed E-state index contributed by atoms with van der Waals surface area (Å²) >= 11 is 5.90. The summed E-state index contributed by atoms with van der Waals surface area (Å²) in [5.41, 5.74) is 0.752. The van der Waals surface area contributed by atoms with Gasteiger partial charge in [0.25, 0.3) is 10.2 Å². The largest absolute Gasteiger partial charge is 0.282 e. The lowest BCUT2D eigenvalue weighted by atomic mass is 10.1. The summed E-state index contributed by atoms with van der Waals surface area (Å²) in [6.45, 7) is 0.724. The zero-order valence-corrected chi connectivity index (χ0v) is 13.6. The second kappa shape index (κ2) is 7.05. The fourth-order valence-corrected chi connectivity index (χ4v) is 4.53. The van der Waals surface area contributed by atoms with E-state index in [2.05, 4.69) is 0 Å². The van der Waals surface area contributed by atoms with E-state index in [0.29, 0.717) is 12.4 Å². The minimum Gasteiger partial charge on any atom is -0.207 e. The van der Waals surface area contributed by atoms with Gasteiger partial charge in [0.2, 0.25) is 0 Å². The van der Waals surface area contributed by atoms with E-state index in [4.69, 9.17) is 11.6 Å². The monoisotopic (exact) mass is 334 g/mol. The minimum absolute atomic E-state index is 0.138. The van der Waals surface area contributed by atoms with Crippen molar-refractivity contribution in [1.82, 2.24) is 8.61 Å². The average Bonchev–Trinajstić information content (AvgIpc) is 2.49. The molecule has 4 nitrogen and oxygen atoms in total. The first-order valence-corrected chi connectivity index (χ1v) is 8.92. The number of piperidine rings is 1. The van der Waals surface area contributed by atoms with Crippen LogP contribution >= 0.6 is 11.6 Å². The minimum atomic E-state index is -3.54. The maximum atomic E-state index is 12.9. The van der Waals surface area contributed by atoms with Crippen LogP contribution in [-0.4, -0.2) is 42.5 Å². The lowest BCUT2D eigenvalue weighted by Crippen LogP contribution is -2.50. The van der Waals surface area contributed by atoms with Crippen molar-refractivity contribution in [3.63, 3.8) is 0 Å². The number of hydrogen-bond donors (Lipinski definition) is 0. The highest BCUT2D eigenvalue weighted by molar-refractivity contribution is 7.86. The normalized spacial score (nSPS) is 20.9. The Morgan fingerprint density at radius 1 is 1.33 bits per heavy atom. The molecule has 7 heteroatoms. The molecule has 1 aromatic carbocycles. The van der Waals surface area contributed by atoms with Crippen LogP contribution in [0.4, 0.5) is 4.39 Å². The van der Waals surface area contributed by atoms with Crippen LogP contribution in [0.3, 0.4) is 0 Å². The first-order chi connectivity index (χ1) is 9.95. The van der Waals surface area contributed by atoms with Crippen LogP contribution < -0.4 is 0 Å². The number of rotatable bonds is 5. The molecule has 1 heterocycles. The summed E-state index contributed by atoms with van der Waals surface area (Å²) in [5, 5.41) is 0. The molecule has 2 rings (SSSR count). The highest BCUT2D eigenvalue weighted by Crippen LogP contribution is 2.23. The summed E-state index contributed by atoms with van der Waals surface area (Å²) in [4.78, 5) is 0. The van der Waals surface area contributed by atoms with Crippen LogP contribution in [0, 0.1) is 5.82 Å². The number of alkyl halides is 1. The molecule has 0 saturated carbocycles. The van der Waals surface area contributed by atoms with Gasteiger partial charge in [-0.25, -0.2) is 4.39 Å². The molecule has 1 saturated heterocycles. The van der Waals surface area contributed by atoms with Gasteiger partial charge in [0.15, 0.2) is 0 Å². The molecule has 1 unspecified atom stereocenters. The molecule has 0 amide bonds. The van der Waals surface area contributed by atoms with Crippen molar-refractivity contribution in [2.45, 2.75) is 31.8 Å². The second-order valence-electron chi connectivity index (χ2n) is 5.30. The molecule has 21 heavy (non-hydrogen) atoms. The zero-order valence-electron chi connectivity index (χ0n) is 12.0. The molecule has 1 aliphatic rings. The van der Waals surface area contributed by atoms with Gasteiger partial charge >= 0.3 is 0 Å². The van der Waals surface area contributed by atoms with Crippen LogP contribution in [0.1, 0.15) is 24.8 Å². The standard InChI is InChI=1S/C14H20ClFN2O2S/c1-17(11-12-5-7-13(16)8-6-12)21(19,20)18-9-3-2-4-14(18)10-15/h5-8,14H,2-4,9-11H2,1H3. The van der Waals surface area contributed by atoms with E-state index in [1.54, 1.807) is 19.2 Å². The predicted octanol–water partition coefficient (Wildman–Crippen LogP) is 2.60. The van der Waals surface area contributed by atoms with Gasteiger partial charge in [-0.3, -0.25) is 0 Å². The number of hydrogen-bond acceptors (Lipinski definition) is 2. The van der Waals surface area contributed by atoms with Crippen LogP contribution in [0.15, 0.2) is 24.3 Å². The van der Waals surface area contributed by atoms with E-state index in [1.807, 2.05) is 0 Å². The Bertz CT molecular complexity index is 565. The van der Waals surface area contributed by atoms with Gasteiger partial charge in [-0.1, -0.05) is 18.6 Å². The summed E-state index contributed by atoms with van der Waals surface area (Å²) in [7, 11) is -2.00. The third kappa shape index (κ3) is 3.94. The van der Waals surface area contributed by atoms with Gasteiger partial charge in [0, 0.05) is 32.1 Å². The Morgan fingerprint density at radius 2 is 2.00 bits per heavy atom. The van der Waals surface area contributed by atoms with E-state index in [-0.39, 0.29) is 18.4 Å². The molecule has 0 radical (unpaired) electrons. The molecule has 0 bridgehead atoms. The van der Waals surface area contributed by atoms with Crippen molar-refractivity contribution in [1.29, 1.82) is 0 Å². The molecule has 1 aliphatic heterocycles. The Kier molecular flexibility index (Phi) is 5.60. The summed E-state index contributed by atoms with van der Waals surface area (Å²) < 4.78 is 41.0. The number of benzene rings is 1. The van der Waals surface area contributed by atoms with Crippen molar-refractivity contribution in [2.75, 3.05) is 19.5 Å². The quantitative estimate of drug-likeness (QED) is 0.777. The van der Waals surface area contributed by atoms with Crippen molar-refractivity contribution in [3.05, 3.63) is 35.6 Å². The smallest absolute Gasteiger partial charge is 0.207 e. The van der Waals surface area contributed by atoms with Gasteiger partial charge in [-0.2, -0.15) is 17.0 Å². The van der Waals surface area contributed by atoms with Crippen LogP contribution in [0.25, 0.3) is 0 Å². The van der Waals surface area contributed by atoms with E-state index < -0.39 is 10.2 Å². The molecule has 1 atom stereocenters. The van der Waals surface area contributed by atoms with Crippen LogP contribution in [-0.2, 0) is 16.8 Å². The van der Waals surface area contributed by atoms with Crippen LogP contribution in [0.2, 0.25) is 0 Å². The second-order valence-corrected chi connectivity index (χ2v) is 7.60. The lowest BCUT2D eigenvalue weighted by molar-refractivity contribution is 0.251. The number of halogens is 2. The lowest BCUT2D eigenvalue weighted by Gasteiger charge is -2.36. The van der Waals surface area contributed by atoms with E-state index in [0.717, 1.165) is 24.8 Å². The molecule has 0 N–H and O–H groups in total. The van der Waals surface area contributed by atoms with Gasteiger partial charge < -0.3 is 0 Å². The average molecular weight is 335 g/mol. The first kappa shape index (κ1) is 16.7. The molecule has 0 aliphatic carbocycles. The Morgan fingerprint density at radius 3 is 2.62 bits per heavy atom. The SMILES string of the molecule is CN(Cc1ccc(F)cc1)S(=O)(=O)N1CCCCC1CCl. The summed E-state index contributed by atoms with van der Waals surface area (Å²) in [5.74, 6) is -0.0219. The number of nitrogens with zero attached hydrogens (tertiary/aromatic N) is 2. The summed E-state index contributed by atoms with van der Waals surface area (Å²) in [6.07, 6.45) is 2.66. The highest BCUT2D eigenvalue weighted by Gasteiger charge is 2.34. The zero-order chi connectivity index (χ0) is 15.5. The first-order valence-electron chi connectivity index (χ1n) is 6.98. The van der Waals surface area contributed by atoms with Crippen molar-refractivity contribution in [3.8, 4) is 0 Å². The van der Waals surface area contributed by atoms with Crippen molar-refractivity contribution in [2.24, 2.45) is 0 Å². The maximum absolute atomic E-state index is 12.9. The van der Waals surface area contributed by atoms with E-state index >= 15 is 0 Å². The van der Waals surface area contributed by atoms with Gasteiger partial charge in [0.05, 0.1) is 0 Å². The topological polar surface area (TPSA) is 40.6 Å². The molecule has 1 aromatic rings. The Hall–Kier alpha value is -0.690. The highest BCUT2D eigenvalue weighted by atomic mass is 35.5. The summed E-state index contributed by atoms with van der Waals surface area (Å²) in [6, 6.07) is 5.71. The van der Waals surface area contributed by atoms with Gasteiger partial charge in [-0.15, -0.1) is 11.6 Å². The van der Waals surface area contributed by atoms with Crippen LogP contribution in [0.5, 0.6) is 0 Å². The maximum Gasteiger partial charge on any atom is 0.282 e. The molecule has 1 fully saturated rings. The fourth-order valence-electron chi connectivity index (χ4n) is 2.54. The van der Waals surface area contributed by atoms with Crippen molar-refractivity contribution < 1.29 is 12.8 Å². The van der Waals surface area contributed by atoms with E-state index in [9.17, 15) is 12.8 Å². The predicted molar refractivity (Wildman–Crippen MR) is 81.9 cm³/mol.